The van der Waals surface area contributed by atoms with Crippen molar-refractivity contribution in [1.29, 1.82) is 0 Å². The van der Waals surface area contributed by atoms with Crippen LogP contribution in [0.1, 0.15) is 84.2 Å². The maximum absolute atomic E-state index is 13.4. The van der Waals surface area contributed by atoms with Gasteiger partial charge in [0.2, 0.25) is 0 Å². The zero-order valence-electron chi connectivity index (χ0n) is 36.2. The number of aliphatic hydroxyl groups is 2. The number of hydrogen-bond acceptors (Lipinski definition) is 13. The summed E-state index contributed by atoms with van der Waals surface area (Å²) in [7, 11) is 0. The molecule has 1 saturated heterocycles. The van der Waals surface area contributed by atoms with Crippen molar-refractivity contribution in [2.75, 3.05) is 64.1 Å². The number of benzene rings is 2. The highest BCUT2D eigenvalue weighted by Gasteiger charge is 2.36. The van der Waals surface area contributed by atoms with Crippen LogP contribution >= 0.6 is 11.6 Å². The predicted octanol–water partition coefficient (Wildman–Crippen LogP) is 2.04. The molecule has 16 nitrogen and oxygen atoms in total. The van der Waals surface area contributed by atoms with E-state index >= 15 is 0 Å². The Labute approximate surface area is 397 Å². The Morgan fingerprint density at radius 3 is 2.03 bits per heavy atom. The monoisotopic (exact) mass is 945 g/mol. The van der Waals surface area contributed by atoms with Crippen LogP contribution in [0.3, 0.4) is 0 Å². The number of nitrogens with one attached hydrogen (secondary N) is 2. The molecule has 0 saturated carbocycles. The summed E-state index contributed by atoms with van der Waals surface area (Å²) in [6, 6.07) is 21.9. The second-order valence-electron chi connectivity index (χ2n) is 16.2. The highest BCUT2D eigenvalue weighted by atomic mass is 35.5. The topological polar surface area (TPSA) is 238 Å². The number of halogens is 2. The van der Waals surface area contributed by atoms with Crippen LogP contribution < -0.4 is 44.0 Å². The van der Waals surface area contributed by atoms with E-state index in [1.165, 1.54) is 0 Å². The van der Waals surface area contributed by atoms with Gasteiger partial charge in [-0.15, -0.1) is 0 Å². The number of anilines is 2. The molecule has 3 unspecified atom stereocenters. The smallest absolute Gasteiger partial charge is 0.274 e. The standard InChI is InChI=1S/C47H56ClN9O7.CH4.ClH/c48-44-46(50)56-45(49)43(55-44)47(62)53-37-14-7-21-57(27-37,19-5-10-32-8-1-15-39(22-32)63-30-38(60)24-36(28-58)34-12-3-17-51-25-34)20-6-11-33-9-2-16-40(23-33)64-31-42(61)54-41(29-59)35-13-4-18-52-26-35;;/h1-4,8-9,12-13,15-18,22-23,25-26,36-37,41,58-59H,5-7,10-11,14,19-21,24,27-31H2,(H5-,49,50,53,54,56,61,62);1H4;1H/t36?,37-,41?,57?;;/m0../s1. The van der Waals surface area contributed by atoms with E-state index < -0.39 is 11.9 Å². The van der Waals surface area contributed by atoms with Crippen LogP contribution in [0.15, 0.2) is 97.6 Å². The second kappa shape index (κ2) is 26.3. The molecule has 0 aliphatic carbocycles. The number of quaternary nitrogens is 1. The first-order chi connectivity index (χ1) is 31.0. The number of hydrogen-bond donors (Lipinski definition) is 6. The van der Waals surface area contributed by atoms with Gasteiger partial charge in [-0.25, -0.2) is 9.97 Å². The van der Waals surface area contributed by atoms with E-state index in [0.717, 1.165) is 79.3 Å². The molecule has 6 rings (SSSR count). The Morgan fingerprint density at radius 1 is 0.818 bits per heavy atom. The maximum atomic E-state index is 13.4. The number of amides is 2. The number of carbonyl (C=O) groups is 3. The second-order valence-corrected chi connectivity index (χ2v) is 16.6. The van der Waals surface area contributed by atoms with Gasteiger partial charge < -0.3 is 58.7 Å². The number of Topliss-reactive ketones (excluding diaryl/α,β-unsaturated/α-hetero) is 1. The lowest BCUT2D eigenvalue weighted by atomic mass is 9.96. The number of ketones is 1. The van der Waals surface area contributed by atoms with Gasteiger partial charge >= 0.3 is 0 Å². The summed E-state index contributed by atoms with van der Waals surface area (Å²) < 4.78 is 12.6. The molecule has 0 radical (unpaired) electrons. The van der Waals surface area contributed by atoms with E-state index in [4.69, 9.17) is 32.5 Å². The first-order valence-electron chi connectivity index (χ1n) is 21.5. The number of likely N-dealkylation sites (tertiary alicyclic amines) is 1. The number of piperidine rings is 1. The molecule has 1 aliphatic heterocycles. The van der Waals surface area contributed by atoms with Crippen molar-refractivity contribution in [3.63, 3.8) is 0 Å². The van der Waals surface area contributed by atoms with Crippen molar-refractivity contribution < 1.29 is 51.0 Å². The molecule has 0 bridgehead atoms. The third-order valence-electron chi connectivity index (χ3n) is 11.5. The van der Waals surface area contributed by atoms with Crippen LogP contribution in [0, 0.1) is 0 Å². The Balaban J connectivity index is 0.00000476. The van der Waals surface area contributed by atoms with E-state index in [9.17, 15) is 24.6 Å². The fourth-order valence-electron chi connectivity index (χ4n) is 8.24. The number of pyridine rings is 2. The maximum Gasteiger partial charge on any atom is 0.274 e. The molecule has 0 spiro atoms. The molecule has 1 fully saturated rings. The largest absolute Gasteiger partial charge is 1.00 e. The molecule has 18 heteroatoms. The molecule has 4 atom stereocenters. The van der Waals surface area contributed by atoms with Crippen molar-refractivity contribution in [3.05, 3.63) is 131 Å². The summed E-state index contributed by atoms with van der Waals surface area (Å²) in [4.78, 5) is 55.3. The Morgan fingerprint density at radius 2 is 1.44 bits per heavy atom. The van der Waals surface area contributed by atoms with Crippen LogP contribution in [0.4, 0.5) is 11.6 Å². The number of nitrogen functional groups attached to an aromatic ring is 2. The van der Waals surface area contributed by atoms with Crippen molar-refractivity contribution in [1.82, 2.24) is 30.6 Å². The zero-order chi connectivity index (χ0) is 45.3. The minimum atomic E-state index is -0.589. The number of nitrogens with two attached hydrogens (primary N) is 2. The van der Waals surface area contributed by atoms with E-state index in [1.807, 2.05) is 48.5 Å². The number of nitrogens with zero attached hydrogens (tertiary/aromatic N) is 5. The number of rotatable bonds is 23. The van der Waals surface area contributed by atoms with Crippen LogP contribution in [-0.4, -0.2) is 111 Å². The fraction of sp³-hybridized carbons (Fsp3) is 0.396. The van der Waals surface area contributed by atoms with E-state index in [2.05, 4.69) is 36.6 Å². The molecule has 66 heavy (non-hydrogen) atoms. The van der Waals surface area contributed by atoms with E-state index in [0.29, 0.717) is 23.6 Å². The first kappa shape index (κ1) is 52.7. The summed E-state index contributed by atoms with van der Waals surface area (Å²) in [5.41, 5.74) is 15.4. The zero-order valence-corrected chi connectivity index (χ0v) is 37.7. The van der Waals surface area contributed by atoms with Gasteiger partial charge in [0.25, 0.3) is 11.8 Å². The third kappa shape index (κ3) is 15.6. The minimum Gasteiger partial charge on any atom is -1.00 e. The van der Waals surface area contributed by atoms with Gasteiger partial charge in [0.1, 0.15) is 18.1 Å². The molecule has 8 N–H and O–H groups in total. The summed E-state index contributed by atoms with van der Waals surface area (Å²) >= 11 is 6.10. The van der Waals surface area contributed by atoms with Gasteiger partial charge in [-0.05, 0) is 84.3 Å². The van der Waals surface area contributed by atoms with Crippen molar-refractivity contribution in [3.8, 4) is 11.5 Å². The van der Waals surface area contributed by atoms with Gasteiger partial charge in [-0.3, -0.25) is 24.4 Å². The average molecular weight is 947 g/mol. The molecule has 1 aliphatic rings. The lowest BCUT2D eigenvalue weighted by Gasteiger charge is -2.45. The van der Waals surface area contributed by atoms with Gasteiger partial charge in [-0.2, -0.15) is 0 Å². The molecule has 4 heterocycles. The van der Waals surface area contributed by atoms with Gasteiger partial charge in [0, 0.05) is 50.0 Å². The van der Waals surface area contributed by atoms with Gasteiger partial charge in [0.05, 0.1) is 51.5 Å². The quantitative estimate of drug-likeness (QED) is 0.0515. The van der Waals surface area contributed by atoms with Crippen molar-refractivity contribution in [2.45, 2.75) is 70.4 Å². The SMILES string of the molecule is C.Nc1nc(N)c(C(=O)N[C@H]2CCC[N+](CCCc3cccc(OCC(=O)CC(CO)c4cccnc4)c3)(CCCc3cccc(OCC(=O)NC(CO)c4cccnc4)c3)C2)nc1Cl.[Cl-]. The number of aryl methyl sites for hydroxylation is 2. The summed E-state index contributed by atoms with van der Waals surface area (Å²) in [6.07, 6.45) is 11.6. The van der Waals surface area contributed by atoms with Crippen LogP contribution in [-0.2, 0) is 22.4 Å². The van der Waals surface area contributed by atoms with Crippen LogP contribution in [0.2, 0.25) is 5.15 Å². The number of aromatic nitrogens is 4. The highest BCUT2D eigenvalue weighted by Crippen LogP contribution is 2.26. The van der Waals surface area contributed by atoms with Gasteiger partial charge in [-0.1, -0.05) is 55.4 Å². The Hall–Kier alpha value is -5.91. The average Bonchev–Trinajstić information content (AvgIpc) is 3.30. The predicted molar refractivity (Wildman–Crippen MR) is 249 cm³/mol. The number of carbonyl (C=O) groups excluding carboxylic acids is 3. The Kier molecular flexibility index (Phi) is 21.0. The van der Waals surface area contributed by atoms with E-state index in [-0.39, 0.29) is 98.8 Å². The molecule has 2 amide bonds. The molecular formula is C48H61Cl2N9O7. The first-order valence-corrected chi connectivity index (χ1v) is 21.9. The summed E-state index contributed by atoms with van der Waals surface area (Å²) in [6.45, 7) is 2.61. The fourth-order valence-corrected chi connectivity index (χ4v) is 8.37. The lowest BCUT2D eigenvalue weighted by molar-refractivity contribution is -0.933. The number of ether oxygens (including phenoxy) is 2. The van der Waals surface area contributed by atoms with Crippen LogP contribution in [0.5, 0.6) is 11.5 Å². The van der Waals surface area contributed by atoms with Gasteiger partial charge in [0.15, 0.2) is 34.9 Å². The summed E-state index contributed by atoms with van der Waals surface area (Å²) in [5, 5.41) is 25.6. The molecule has 2 aromatic carbocycles. The van der Waals surface area contributed by atoms with Crippen molar-refractivity contribution in [2.24, 2.45) is 0 Å². The van der Waals surface area contributed by atoms with Crippen LogP contribution in [0.25, 0.3) is 0 Å². The minimum absolute atomic E-state index is 0. The van der Waals surface area contributed by atoms with E-state index in [1.54, 1.807) is 43.0 Å². The Bertz CT molecular complexity index is 2200. The number of aliphatic hydroxyl groups excluding tert-OH is 2. The highest BCUT2D eigenvalue weighted by molar-refractivity contribution is 6.31. The normalized spacial score (nSPS) is 16.4. The lowest BCUT2D eigenvalue weighted by Crippen LogP contribution is -3.00. The van der Waals surface area contributed by atoms with Crippen molar-refractivity contribution >= 4 is 40.8 Å². The molecule has 5 aromatic rings. The third-order valence-corrected chi connectivity index (χ3v) is 11.7. The summed E-state index contributed by atoms with van der Waals surface area (Å²) in [5.74, 6) is -0.225. The molecule has 3 aromatic heterocycles. The molecule has 354 valence electrons. The molecular weight excluding hydrogens is 885 g/mol.